The molecule has 144 valence electrons. The molecule has 1 saturated heterocycles. The van der Waals surface area contributed by atoms with Crippen LogP contribution < -0.4 is 4.90 Å². The van der Waals surface area contributed by atoms with E-state index in [1.54, 1.807) is 36.4 Å². The third-order valence-corrected chi connectivity index (χ3v) is 5.24. The van der Waals surface area contributed by atoms with E-state index in [0.29, 0.717) is 16.3 Å². The molecule has 1 unspecified atom stereocenters. The highest BCUT2D eigenvalue weighted by Crippen LogP contribution is 2.42. The molecule has 1 amide bonds. The predicted molar refractivity (Wildman–Crippen MR) is 114 cm³/mol. The summed E-state index contributed by atoms with van der Waals surface area (Å²) in [7, 11) is 0. The van der Waals surface area contributed by atoms with Gasteiger partial charge in [-0.25, -0.2) is 0 Å². The number of amides is 1. The first-order chi connectivity index (χ1) is 14.0. The van der Waals surface area contributed by atoms with Crippen molar-refractivity contribution in [3.8, 4) is 0 Å². The fraction of sp³-hybridized carbons (Fsp3) is 0.0833. The molecule has 0 aliphatic carbocycles. The molecule has 1 fully saturated rings. The van der Waals surface area contributed by atoms with E-state index in [0.717, 1.165) is 11.1 Å². The minimum atomic E-state index is -0.737. The molecule has 0 radical (unpaired) electrons. The molecule has 1 atom stereocenters. The van der Waals surface area contributed by atoms with E-state index in [1.807, 2.05) is 49.4 Å². The first-order valence-electron chi connectivity index (χ1n) is 9.16. The second kappa shape index (κ2) is 7.57. The lowest BCUT2D eigenvalue weighted by molar-refractivity contribution is -0.132. The van der Waals surface area contributed by atoms with Gasteiger partial charge in [0, 0.05) is 16.3 Å². The second-order valence-corrected chi connectivity index (χ2v) is 7.36. The number of rotatable bonds is 3. The van der Waals surface area contributed by atoms with Gasteiger partial charge in [-0.15, -0.1) is 0 Å². The summed E-state index contributed by atoms with van der Waals surface area (Å²) in [5, 5.41) is 11.5. The summed E-state index contributed by atoms with van der Waals surface area (Å²) in [5.41, 5.74) is 2.86. The first kappa shape index (κ1) is 19.0. The van der Waals surface area contributed by atoms with Crippen LogP contribution in [0.15, 0.2) is 84.4 Å². The molecule has 4 nitrogen and oxygen atoms in total. The summed E-state index contributed by atoms with van der Waals surface area (Å²) in [6.07, 6.45) is 0. The lowest BCUT2D eigenvalue weighted by atomic mass is 9.95. The summed E-state index contributed by atoms with van der Waals surface area (Å²) >= 11 is 5.99. The Morgan fingerprint density at radius 2 is 1.52 bits per heavy atom. The quantitative estimate of drug-likeness (QED) is 0.368. The number of Topliss-reactive ketones (excluding diaryl/α,β-unsaturated/α-hetero) is 1. The standard InChI is InChI=1S/C24H18ClNO3/c1-15-7-9-17(10-8-15)22(27)20-21(16-5-3-2-4-6-16)26(24(29)23(20)28)19-13-11-18(25)12-14-19/h2-14,21,27H,1H3/b22-20+. The SMILES string of the molecule is Cc1ccc(/C(O)=C2\C(=O)C(=O)N(c3ccc(Cl)cc3)C2c2ccccc2)cc1. The number of nitrogens with zero attached hydrogens (tertiary/aromatic N) is 1. The Morgan fingerprint density at radius 3 is 2.14 bits per heavy atom. The fourth-order valence-electron chi connectivity index (χ4n) is 3.52. The van der Waals surface area contributed by atoms with Gasteiger partial charge in [0.2, 0.25) is 0 Å². The number of benzene rings is 3. The summed E-state index contributed by atoms with van der Waals surface area (Å²) in [4.78, 5) is 27.4. The van der Waals surface area contributed by atoms with Crippen LogP contribution in [0.1, 0.15) is 22.7 Å². The van der Waals surface area contributed by atoms with Gasteiger partial charge in [-0.05, 0) is 36.8 Å². The van der Waals surface area contributed by atoms with Crippen LogP contribution in [0.5, 0.6) is 0 Å². The molecule has 1 N–H and O–H groups in total. The van der Waals surface area contributed by atoms with E-state index in [4.69, 9.17) is 11.6 Å². The van der Waals surface area contributed by atoms with E-state index in [2.05, 4.69) is 0 Å². The molecule has 4 rings (SSSR count). The zero-order valence-electron chi connectivity index (χ0n) is 15.7. The molecule has 0 spiro atoms. The molecule has 0 saturated carbocycles. The average molecular weight is 404 g/mol. The van der Waals surface area contributed by atoms with Crippen molar-refractivity contribution < 1.29 is 14.7 Å². The summed E-state index contributed by atoms with van der Waals surface area (Å²) in [5.74, 6) is -1.59. The summed E-state index contributed by atoms with van der Waals surface area (Å²) < 4.78 is 0. The molecule has 1 aliphatic rings. The number of hydrogen-bond acceptors (Lipinski definition) is 3. The lowest BCUT2D eigenvalue weighted by Gasteiger charge is -2.25. The molecular weight excluding hydrogens is 386 g/mol. The van der Waals surface area contributed by atoms with Crippen molar-refractivity contribution in [2.24, 2.45) is 0 Å². The molecule has 1 heterocycles. The van der Waals surface area contributed by atoms with Gasteiger partial charge in [-0.1, -0.05) is 71.8 Å². The Hall–Kier alpha value is -3.37. The molecule has 0 aromatic heterocycles. The van der Waals surface area contributed by atoms with Crippen LogP contribution in [0, 0.1) is 6.92 Å². The summed E-state index contributed by atoms with van der Waals surface area (Å²) in [6.45, 7) is 1.94. The van der Waals surface area contributed by atoms with Crippen molar-refractivity contribution in [3.05, 3.63) is 106 Å². The van der Waals surface area contributed by atoms with Crippen LogP contribution in [0.4, 0.5) is 5.69 Å². The van der Waals surface area contributed by atoms with Crippen molar-refractivity contribution in [3.63, 3.8) is 0 Å². The van der Waals surface area contributed by atoms with E-state index in [-0.39, 0.29) is 11.3 Å². The van der Waals surface area contributed by atoms with Gasteiger partial charge < -0.3 is 5.11 Å². The molecule has 3 aromatic carbocycles. The maximum atomic E-state index is 13.0. The van der Waals surface area contributed by atoms with Crippen LogP contribution in [0.25, 0.3) is 5.76 Å². The minimum Gasteiger partial charge on any atom is -0.507 e. The van der Waals surface area contributed by atoms with Gasteiger partial charge in [0.05, 0.1) is 11.6 Å². The van der Waals surface area contributed by atoms with Gasteiger partial charge in [-0.3, -0.25) is 14.5 Å². The Labute approximate surface area is 173 Å². The van der Waals surface area contributed by atoms with Gasteiger partial charge in [0.25, 0.3) is 11.7 Å². The maximum absolute atomic E-state index is 13.0. The van der Waals surface area contributed by atoms with Gasteiger partial charge in [-0.2, -0.15) is 0 Å². The van der Waals surface area contributed by atoms with Crippen molar-refractivity contribution in [2.75, 3.05) is 4.90 Å². The van der Waals surface area contributed by atoms with Crippen LogP contribution in [0.2, 0.25) is 5.02 Å². The minimum absolute atomic E-state index is 0.0694. The molecule has 0 bridgehead atoms. The lowest BCUT2D eigenvalue weighted by Crippen LogP contribution is -2.29. The molecule has 5 heteroatoms. The van der Waals surface area contributed by atoms with Gasteiger partial charge in [0.1, 0.15) is 5.76 Å². The molecular formula is C24H18ClNO3. The Morgan fingerprint density at radius 1 is 0.897 bits per heavy atom. The third kappa shape index (κ3) is 3.43. The number of aryl methyl sites for hydroxylation is 1. The van der Waals surface area contributed by atoms with Crippen LogP contribution in [0.3, 0.4) is 0 Å². The monoisotopic (exact) mass is 403 g/mol. The van der Waals surface area contributed by atoms with Crippen molar-refractivity contribution in [1.82, 2.24) is 0 Å². The van der Waals surface area contributed by atoms with E-state index in [1.165, 1.54) is 4.90 Å². The van der Waals surface area contributed by atoms with Crippen molar-refractivity contribution >= 4 is 34.7 Å². The predicted octanol–water partition coefficient (Wildman–Crippen LogP) is 5.27. The number of hydrogen-bond donors (Lipinski definition) is 1. The van der Waals surface area contributed by atoms with Crippen LogP contribution in [-0.2, 0) is 9.59 Å². The van der Waals surface area contributed by atoms with Crippen LogP contribution >= 0.6 is 11.6 Å². The largest absolute Gasteiger partial charge is 0.507 e. The Kier molecular flexibility index (Phi) is 4.95. The van der Waals surface area contributed by atoms with E-state index in [9.17, 15) is 14.7 Å². The smallest absolute Gasteiger partial charge is 0.300 e. The van der Waals surface area contributed by atoms with E-state index >= 15 is 0 Å². The number of aliphatic hydroxyl groups excluding tert-OH is 1. The first-order valence-corrected chi connectivity index (χ1v) is 9.53. The number of halogens is 1. The fourth-order valence-corrected chi connectivity index (χ4v) is 3.64. The number of ketones is 1. The number of carbonyl (C=O) groups excluding carboxylic acids is 2. The topological polar surface area (TPSA) is 57.6 Å². The average Bonchev–Trinajstić information content (AvgIpc) is 3.00. The van der Waals surface area contributed by atoms with Gasteiger partial charge in [0.15, 0.2) is 0 Å². The zero-order chi connectivity index (χ0) is 20.5. The summed E-state index contributed by atoms with van der Waals surface area (Å²) in [6, 6.07) is 22.3. The maximum Gasteiger partial charge on any atom is 0.300 e. The Balaban J connectivity index is 1.93. The van der Waals surface area contributed by atoms with Gasteiger partial charge >= 0.3 is 0 Å². The highest BCUT2D eigenvalue weighted by atomic mass is 35.5. The normalized spacial score (nSPS) is 18.3. The molecule has 3 aromatic rings. The molecule has 1 aliphatic heterocycles. The Bertz CT molecular complexity index is 1100. The number of anilines is 1. The highest BCUT2D eigenvalue weighted by molar-refractivity contribution is 6.51. The van der Waals surface area contributed by atoms with Crippen molar-refractivity contribution in [2.45, 2.75) is 13.0 Å². The van der Waals surface area contributed by atoms with Crippen LogP contribution in [-0.4, -0.2) is 16.8 Å². The number of aliphatic hydroxyl groups is 1. The van der Waals surface area contributed by atoms with E-state index < -0.39 is 17.7 Å². The van der Waals surface area contributed by atoms with Crippen molar-refractivity contribution in [1.29, 1.82) is 0 Å². The number of carbonyl (C=O) groups is 2. The zero-order valence-corrected chi connectivity index (χ0v) is 16.4. The highest BCUT2D eigenvalue weighted by Gasteiger charge is 2.46. The molecule has 29 heavy (non-hydrogen) atoms. The third-order valence-electron chi connectivity index (χ3n) is 4.99. The second-order valence-electron chi connectivity index (χ2n) is 6.92.